The van der Waals surface area contributed by atoms with Crippen molar-refractivity contribution in [2.75, 3.05) is 0 Å². The summed E-state index contributed by atoms with van der Waals surface area (Å²) in [6.45, 7) is 21.9. The maximum atomic E-state index is 4.06. The lowest BCUT2D eigenvalue weighted by Gasteiger charge is -1.95. The number of aliphatic imine (C=N–C) groups is 1. The van der Waals surface area contributed by atoms with Gasteiger partial charge in [-0.2, -0.15) is 0 Å². The maximum Gasteiger partial charge on any atom is 0.0587 e. The van der Waals surface area contributed by atoms with E-state index in [-0.39, 0.29) is 0 Å². The van der Waals surface area contributed by atoms with Crippen molar-refractivity contribution >= 4 is 6.21 Å². The van der Waals surface area contributed by atoms with Crippen LogP contribution in [0.15, 0.2) is 53.7 Å². The Morgan fingerprint density at radius 1 is 1.26 bits per heavy atom. The minimum absolute atomic E-state index is 0.771. The molecule has 0 aromatic carbocycles. The molecule has 0 aliphatic carbocycles. The second-order valence-corrected chi connectivity index (χ2v) is 4.14. The van der Waals surface area contributed by atoms with Crippen LogP contribution in [-0.2, 0) is 0 Å². The molecule has 0 atom stereocenters. The van der Waals surface area contributed by atoms with Crippen molar-refractivity contribution in [3.63, 3.8) is 0 Å². The summed E-state index contributed by atoms with van der Waals surface area (Å²) in [5, 5.41) is 0. The SMILES string of the molecule is C=CC=NC(=C)/C(C)=C/C=C\C.CC.CCC(C)C. The Bertz CT molecular complexity index is 291. The fraction of sp³-hybridized carbons (Fsp3) is 0.500. The Morgan fingerprint density at radius 3 is 2.05 bits per heavy atom. The van der Waals surface area contributed by atoms with Gasteiger partial charge in [-0.05, 0) is 25.3 Å². The molecule has 1 nitrogen and oxygen atoms in total. The average Bonchev–Trinajstić information content (AvgIpc) is 2.44. The Morgan fingerprint density at radius 2 is 1.74 bits per heavy atom. The summed E-state index contributed by atoms with van der Waals surface area (Å²) >= 11 is 0. The highest BCUT2D eigenvalue weighted by Gasteiger charge is 1.89. The fourth-order valence-electron chi connectivity index (χ4n) is 0.581. The summed E-state index contributed by atoms with van der Waals surface area (Å²) in [4.78, 5) is 4.06. The van der Waals surface area contributed by atoms with Crippen molar-refractivity contribution in [1.29, 1.82) is 0 Å². The molecule has 110 valence electrons. The Hall–Kier alpha value is -1.37. The number of hydrogen-bond acceptors (Lipinski definition) is 1. The molecular formula is C18H33N. The first-order valence-electron chi connectivity index (χ1n) is 7.13. The molecule has 0 unspecified atom stereocenters. The van der Waals surface area contributed by atoms with E-state index in [1.807, 2.05) is 45.9 Å². The first-order chi connectivity index (χ1) is 8.99. The van der Waals surface area contributed by atoms with Crippen LogP contribution in [0.2, 0.25) is 0 Å². The summed E-state index contributed by atoms with van der Waals surface area (Å²) in [5.41, 5.74) is 1.83. The van der Waals surface area contributed by atoms with Crippen molar-refractivity contribution in [2.45, 2.75) is 54.9 Å². The third-order valence-corrected chi connectivity index (χ3v) is 2.15. The quantitative estimate of drug-likeness (QED) is 0.404. The Balaban J connectivity index is -0.000000307. The number of rotatable bonds is 5. The highest BCUT2D eigenvalue weighted by atomic mass is 14.7. The lowest BCUT2D eigenvalue weighted by molar-refractivity contribution is 0.626. The molecule has 0 saturated carbocycles. The van der Waals surface area contributed by atoms with Crippen molar-refractivity contribution in [1.82, 2.24) is 0 Å². The molecular weight excluding hydrogens is 230 g/mol. The van der Waals surface area contributed by atoms with E-state index < -0.39 is 0 Å². The molecule has 0 heterocycles. The molecule has 0 aliphatic rings. The summed E-state index contributed by atoms with van der Waals surface area (Å²) in [7, 11) is 0. The molecule has 0 bridgehead atoms. The van der Waals surface area contributed by atoms with Gasteiger partial charge in [-0.3, -0.25) is 4.99 Å². The van der Waals surface area contributed by atoms with E-state index in [0.29, 0.717) is 0 Å². The van der Waals surface area contributed by atoms with Gasteiger partial charge in [-0.25, -0.2) is 0 Å². The van der Waals surface area contributed by atoms with Crippen molar-refractivity contribution in [3.8, 4) is 0 Å². The van der Waals surface area contributed by atoms with Crippen LogP contribution in [0.25, 0.3) is 0 Å². The summed E-state index contributed by atoms with van der Waals surface area (Å²) < 4.78 is 0. The van der Waals surface area contributed by atoms with Crippen molar-refractivity contribution < 1.29 is 0 Å². The largest absolute Gasteiger partial charge is 0.257 e. The first-order valence-corrected chi connectivity index (χ1v) is 7.13. The van der Waals surface area contributed by atoms with Gasteiger partial charge in [-0.1, -0.05) is 78.5 Å². The van der Waals surface area contributed by atoms with Gasteiger partial charge in [0.15, 0.2) is 0 Å². The molecule has 0 amide bonds. The van der Waals surface area contributed by atoms with Gasteiger partial charge < -0.3 is 0 Å². The average molecular weight is 263 g/mol. The molecule has 0 fully saturated rings. The number of allylic oxidation sites excluding steroid dienone is 5. The second kappa shape index (κ2) is 19.0. The van der Waals surface area contributed by atoms with E-state index in [2.05, 4.69) is 38.9 Å². The molecule has 0 aromatic rings. The molecule has 19 heavy (non-hydrogen) atoms. The number of hydrogen-bond donors (Lipinski definition) is 0. The third-order valence-electron chi connectivity index (χ3n) is 2.15. The minimum atomic E-state index is 0.771. The van der Waals surface area contributed by atoms with Gasteiger partial charge in [0.05, 0.1) is 5.70 Å². The zero-order valence-corrected chi connectivity index (χ0v) is 14.0. The molecule has 0 rings (SSSR count). The predicted molar refractivity (Wildman–Crippen MR) is 92.9 cm³/mol. The topological polar surface area (TPSA) is 12.4 Å². The van der Waals surface area contributed by atoms with Crippen LogP contribution in [0.5, 0.6) is 0 Å². The lowest BCUT2D eigenvalue weighted by atomic mass is 10.2. The molecule has 0 saturated heterocycles. The third kappa shape index (κ3) is 22.3. The Labute approximate surface area is 121 Å². The van der Waals surface area contributed by atoms with Gasteiger partial charge in [0.1, 0.15) is 0 Å². The van der Waals surface area contributed by atoms with Crippen molar-refractivity contribution in [3.05, 3.63) is 48.7 Å². The van der Waals surface area contributed by atoms with Crippen LogP contribution in [0, 0.1) is 5.92 Å². The summed E-state index contributed by atoms with van der Waals surface area (Å²) in [6, 6.07) is 0. The minimum Gasteiger partial charge on any atom is -0.257 e. The standard InChI is InChI=1S/C11H15N.C5H12.C2H6/c1-5-7-8-10(3)11(4)12-9-6-2;1-4-5(2)3;1-2/h5-9H,2,4H2,1,3H3;5H,4H2,1-3H3;1-2H3/b7-5-,10-8+,12-9?;;. The highest BCUT2D eigenvalue weighted by molar-refractivity contribution is 5.71. The van der Waals surface area contributed by atoms with Crippen molar-refractivity contribution in [2.24, 2.45) is 10.9 Å². The van der Waals surface area contributed by atoms with Crippen LogP contribution in [-0.4, -0.2) is 6.21 Å². The smallest absolute Gasteiger partial charge is 0.0587 e. The van der Waals surface area contributed by atoms with Gasteiger partial charge in [0.25, 0.3) is 0 Å². The van der Waals surface area contributed by atoms with Crippen LogP contribution in [0.4, 0.5) is 0 Å². The van der Waals surface area contributed by atoms with Crippen LogP contribution in [0.1, 0.15) is 54.9 Å². The highest BCUT2D eigenvalue weighted by Crippen LogP contribution is 2.07. The molecule has 0 spiro atoms. The van der Waals surface area contributed by atoms with E-state index in [1.165, 1.54) is 6.42 Å². The van der Waals surface area contributed by atoms with E-state index in [4.69, 9.17) is 0 Å². The fourth-order valence-corrected chi connectivity index (χ4v) is 0.581. The molecule has 0 radical (unpaired) electrons. The Kier molecular flexibility index (Phi) is 22.8. The van der Waals surface area contributed by atoms with Gasteiger partial charge in [0.2, 0.25) is 0 Å². The van der Waals surface area contributed by atoms with Gasteiger partial charge in [0, 0.05) is 6.21 Å². The van der Waals surface area contributed by atoms with Crippen LogP contribution in [0.3, 0.4) is 0 Å². The molecule has 1 heteroatoms. The maximum absolute atomic E-state index is 4.06. The van der Waals surface area contributed by atoms with Gasteiger partial charge >= 0.3 is 0 Å². The first kappa shape index (κ1) is 22.8. The molecule has 0 N–H and O–H groups in total. The van der Waals surface area contributed by atoms with Crippen LogP contribution >= 0.6 is 0 Å². The zero-order valence-electron chi connectivity index (χ0n) is 14.0. The molecule has 0 aromatic heterocycles. The second-order valence-electron chi connectivity index (χ2n) is 4.14. The van der Waals surface area contributed by atoms with E-state index in [9.17, 15) is 0 Å². The summed E-state index contributed by atoms with van der Waals surface area (Å²) in [5.74, 6) is 0.884. The van der Waals surface area contributed by atoms with Crippen LogP contribution < -0.4 is 0 Å². The summed E-state index contributed by atoms with van der Waals surface area (Å²) in [6.07, 6.45) is 10.5. The van der Waals surface area contributed by atoms with E-state index >= 15 is 0 Å². The lowest BCUT2D eigenvalue weighted by Crippen LogP contribution is -1.78. The van der Waals surface area contributed by atoms with E-state index in [1.54, 1.807) is 12.3 Å². The number of nitrogens with zero attached hydrogens (tertiary/aromatic N) is 1. The van der Waals surface area contributed by atoms with Gasteiger partial charge in [-0.15, -0.1) is 0 Å². The van der Waals surface area contributed by atoms with E-state index in [0.717, 1.165) is 17.2 Å². The monoisotopic (exact) mass is 263 g/mol. The normalized spacial score (nSPS) is 10.8. The predicted octanol–water partition coefficient (Wildman–Crippen LogP) is 6.36. The molecule has 0 aliphatic heterocycles. The zero-order chi connectivity index (χ0) is 15.7.